The molecule has 0 saturated carbocycles. The molecule has 0 bridgehead atoms. The van der Waals surface area contributed by atoms with Gasteiger partial charge in [-0.1, -0.05) is 30.3 Å². The lowest BCUT2D eigenvalue weighted by atomic mass is 10.1. The van der Waals surface area contributed by atoms with E-state index in [1.54, 1.807) is 6.92 Å². The Labute approximate surface area is 121 Å². The predicted molar refractivity (Wildman–Crippen MR) is 81.4 cm³/mol. The molecule has 0 fully saturated rings. The van der Waals surface area contributed by atoms with E-state index in [2.05, 4.69) is 10.2 Å². The van der Waals surface area contributed by atoms with E-state index in [9.17, 15) is 9.90 Å². The zero-order valence-electron chi connectivity index (χ0n) is 12.7. The SMILES string of the molecule is CC(O)CCN(C)CCC(=O)NC(C)c1ccccc1. The summed E-state index contributed by atoms with van der Waals surface area (Å²) in [6, 6.07) is 9.98. The van der Waals surface area contributed by atoms with Crippen molar-refractivity contribution in [2.45, 2.75) is 38.8 Å². The second kappa shape index (κ2) is 8.72. The first-order valence-corrected chi connectivity index (χ1v) is 7.20. The molecular formula is C16H26N2O2. The molecule has 0 aliphatic carbocycles. The normalized spacial score (nSPS) is 14.1. The molecule has 112 valence electrons. The van der Waals surface area contributed by atoms with Crippen molar-refractivity contribution >= 4 is 5.91 Å². The largest absolute Gasteiger partial charge is 0.393 e. The zero-order chi connectivity index (χ0) is 15.0. The fraction of sp³-hybridized carbons (Fsp3) is 0.562. The van der Waals surface area contributed by atoms with Gasteiger partial charge in [0.1, 0.15) is 0 Å². The molecule has 2 unspecified atom stereocenters. The molecule has 4 heteroatoms. The number of nitrogens with zero attached hydrogens (tertiary/aromatic N) is 1. The van der Waals surface area contributed by atoms with Crippen LogP contribution in [-0.4, -0.2) is 42.2 Å². The zero-order valence-corrected chi connectivity index (χ0v) is 12.7. The molecule has 0 aliphatic heterocycles. The molecule has 4 nitrogen and oxygen atoms in total. The molecule has 0 aliphatic rings. The number of hydrogen-bond donors (Lipinski definition) is 2. The number of hydrogen-bond acceptors (Lipinski definition) is 3. The fourth-order valence-corrected chi connectivity index (χ4v) is 1.95. The van der Waals surface area contributed by atoms with Gasteiger partial charge in [0.15, 0.2) is 0 Å². The van der Waals surface area contributed by atoms with Crippen LogP contribution >= 0.6 is 0 Å². The van der Waals surface area contributed by atoms with E-state index in [4.69, 9.17) is 0 Å². The minimum Gasteiger partial charge on any atom is -0.393 e. The van der Waals surface area contributed by atoms with E-state index < -0.39 is 0 Å². The number of carbonyl (C=O) groups excluding carboxylic acids is 1. The summed E-state index contributed by atoms with van der Waals surface area (Å²) < 4.78 is 0. The van der Waals surface area contributed by atoms with Gasteiger partial charge in [-0.15, -0.1) is 0 Å². The molecule has 2 atom stereocenters. The Bertz CT molecular complexity index is 393. The van der Waals surface area contributed by atoms with Crippen molar-refractivity contribution in [2.75, 3.05) is 20.1 Å². The number of rotatable bonds is 8. The van der Waals surface area contributed by atoms with E-state index in [1.807, 2.05) is 44.3 Å². The Morgan fingerprint density at radius 3 is 2.50 bits per heavy atom. The van der Waals surface area contributed by atoms with Gasteiger partial charge >= 0.3 is 0 Å². The maximum Gasteiger partial charge on any atom is 0.221 e. The van der Waals surface area contributed by atoms with Gasteiger partial charge in [-0.05, 0) is 32.9 Å². The maximum atomic E-state index is 11.9. The van der Waals surface area contributed by atoms with Gasteiger partial charge in [0.25, 0.3) is 0 Å². The fourth-order valence-electron chi connectivity index (χ4n) is 1.95. The second-order valence-corrected chi connectivity index (χ2v) is 5.39. The van der Waals surface area contributed by atoms with Gasteiger partial charge in [-0.2, -0.15) is 0 Å². The molecule has 0 aromatic heterocycles. The summed E-state index contributed by atoms with van der Waals surface area (Å²) in [6.45, 7) is 5.28. The Balaban J connectivity index is 2.26. The topological polar surface area (TPSA) is 52.6 Å². The van der Waals surface area contributed by atoms with Crippen molar-refractivity contribution in [3.63, 3.8) is 0 Å². The van der Waals surface area contributed by atoms with Crippen molar-refractivity contribution in [3.8, 4) is 0 Å². The molecule has 0 radical (unpaired) electrons. The number of benzene rings is 1. The van der Waals surface area contributed by atoms with Gasteiger partial charge in [0.2, 0.25) is 5.91 Å². The number of carbonyl (C=O) groups is 1. The van der Waals surface area contributed by atoms with E-state index in [-0.39, 0.29) is 18.1 Å². The van der Waals surface area contributed by atoms with Gasteiger partial charge in [-0.3, -0.25) is 4.79 Å². The van der Waals surface area contributed by atoms with Crippen LogP contribution in [0.25, 0.3) is 0 Å². The molecule has 20 heavy (non-hydrogen) atoms. The molecule has 1 amide bonds. The van der Waals surface area contributed by atoms with Crippen LogP contribution in [-0.2, 0) is 4.79 Å². The Hall–Kier alpha value is -1.39. The lowest BCUT2D eigenvalue weighted by Gasteiger charge is -2.18. The minimum absolute atomic E-state index is 0.0338. The average molecular weight is 278 g/mol. The highest BCUT2D eigenvalue weighted by atomic mass is 16.3. The standard InChI is InChI=1S/C16H26N2O2/c1-13(19)9-11-18(3)12-10-16(20)17-14(2)15-7-5-4-6-8-15/h4-8,13-14,19H,9-12H2,1-3H3,(H,17,20). The summed E-state index contributed by atoms with van der Waals surface area (Å²) in [7, 11) is 1.97. The van der Waals surface area contributed by atoms with Crippen LogP contribution < -0.4 is 5.32 Å². The maximum absolute atomic E-state index is 11.9. The molecule has 1 aromatic carbocycles. The Kier molecular flexibility index (Phi) is 7.26. The lowest BCUT2D eigenvalue weighted by Crippen LogP contribution is -2.31. The highest BCUT2D eigenvalue weighted by Crippen LogP contribution is 2.11. The third-order valence-corrected chi connectivity index (χ3v) is 3.33. The predicted octanol–water partition coefficient (Wildman–Crippen LogP) is 1.96. The molecule has 1 aromatic rings. The van der Waals surface area contributed by atoms with Crippen LogP contribution in [0, 0.1) is 0 Å². The van der Waals surface area contributed by atoms with Crippen molar-refractivity contribution in [3.05, 3.63) is 35.9 Å². The summed E-state index contributed by atoms with van der Waals surface area (Å²) in [5.74, 6) is 0.0604. The van der Waals surface area contributed by atoms with E-state index in [1.165, 1.54) is 0 Å². The average Bonchev–Trinajstić information content (AvgIpc) is 2.43. The smallest absolute Gasteiger partial charge is 0.221 e. The van der Waals surface area contributed by atoms with E-state index in [0.29, 0.717) is 13.0 Å². The number of amides is 1. The van der Waals surface area contributed by atoms with Crippen LogP contribution in [0.15, 0.2) is 30.3 Å². The summed E-state index contributed by atoms with van der Waals surface area (Å²) in [4.78, 5) is 14.0. The highest BCUT2D eigenvalue weighted by molar-refractivity contribution is 5.76. The first kappa shape index (κ1) is 16.7. The minimum atomic E-state index is -0.288. The molecule has 0 spiro atoms. The highest BCUT2D eigenvalue weighted by Gasteiger charge is 2.10. The summed E-state index contributed by atoms with van der Waals surface area (Å²) in [5.41, 5.74) is 1.11. The number of aliphatic hydroxyl groups is 1. The molecule has 0 heterocycles. The van der Waals surface area contributed by atoms with Crippen LogP contribution in [0.2, 0.25) is 0 Å². The number of nitrogens with one attached hydrogen (secondary N) is 1. The van der Waals surface area contributed by atoms with Crippen LogP contribution in [0.4, 0.5) is 0 Å². The monoisotopic (exact) mass is 278 g/mol. The first-order valence-electron chi connectivity index (χ1n) is 7.20. The summed E-state index contributed by atoms with van der Waals surface area (Å²) in [5, 5.41) is 12.2. The molecular weight excluding hydrogens is 252 g/mol. The van der Waals surface area contributed by atoms with Gasteiger partial charge in [0, 0.05) is 19.5 Å². The summed E-state index contributed by atoms with van der Waals surface area (Å²) in [6.07, 6.45) is 0.927. The van der Waals surface area contributed by atoms with Crippen LogP contribution in [0.5, 0.6) is 0 Å². The molecule has 0 saturated heterocycles. The third-order valence-electron chi connectivity index (χ3n) is 3.33. The quantitative estimate of drug-likeness (QED) is 0.764. The van der Waals surface area contributed by atoms with Crippen molar-refractivity contribution < 1.29 is 9.90 Å². The van der Waals surface area contributed by atoms with E-state index >= 15 is 0 Å². The lowest BCUT2D eigenvalue weighted by molar-refractivity contribution is -0.122. The van der Waals surface area contributed by atoms with Crippen molar-refractivity contribution in [2.24, 2.45) is 0 Å². The third kappa shape index (κ3) is 6.68. The van der Waals surface area contributed by atoms with Crippen molar-refractivity contribution in [1.29, 1.82) is 0 Å². The number of aliphatic hydroxyl groups excluding tert-OH is 1. The summed E-state index contributed by atoms with van der Waals surface area (Å²) >= 11 is 0. The van der Waals surface area contributed by atoms with E-state index in [0.717, 1.165) is 18.5 Å². The van der Waals surface area contributed by atoms with Gasteiger partial charge in [-0.25, -0.2) is 0 Å². The van der Waals surface area contributed by atoms with Gasteiger partial charge < -0.3 is 15.3 Å². The Morgan fingerprint density at radius 2 is 1.90 bits per heavy atom. The molecule has 2 N–H and O–H groups in total. The second-order valence-electron chi connectivity index (χ2n) is 5.39. The van der Waals surface area contributed by atoms with Gasteiger partial charge in [0.05, 0.1) is 12.1 Å². The molecule has 1 rings (SSSR count). The van der Waals surface area contributed by atoms with Crippen molar-refractivity contribution in [1.82, 2.24) is 10.2 Å². The van der Waals surface area contributed by atoms with Crippen LogP contribution in [0.1, 0.15) is 38.3 Å². The first-order chi connectivity index (χ1) is 9.49. The van der Waals surface area contributed by atoms with Crippen LogP contribution in [0.3, 0.4) is 0 Å². The Morgan fingerprint density at radius 1 is 1.25 bits per heavy atom.